The van der Waals surface area contributed by atoms with Gasteiger partial charge in [0.15, 0.2) is 0 Å². The van der Waals surface area contributed by atoms with Gasteiger partial charge in [0, 0.05) is 18.7 Å². The quantitative estimate of drug-likeness (QED) is 0.722. The summed E-state index contributed by atoms with van der Waals surface area (Å²) in [5.74, 6) is 0.187. The van der Waals surface area contributed by atoms with Crippen molar-refractivity contribution < 1.29 is 13.2 Å². The lowest BCUT2D eigenvalue weighted by molar-refractivity contribution is -0.116. The van der Waals surface area contributed by atoms with E-state index in [-0.39, 0.29) is 16.7 Å². The molecule has 0 unspecified atom stereocenters. The highest BCUT2D eigenvalue weighted by Crippen LogP contribution is 2.17. The fourth-order valence-corrected chi connectivity index (χ4v) is 3.83. The second-order valence-electron chi connectivity index (χ2n) is 7.26. The molecule has 0 aromatic heterocycles. The first-order valence-electron chi connectivity index (χ1n) is 9.13. The molecule has 0 radical (unpaired) electrons. The molecule has 2 aromatic rings. The van der Waals surface area contributed by atoms with Crippen molar-refractivity contribution in [3.63, 3.8) is 0 Å². The van der Waals surface area contributed by atoms with Gasteiger partial charge < -0.3 is 5.32 Å². The molecule has 2 N–H and O–H groups in total. The number of benzene rings is 2. The smallest absolute Gasteiger partial charge is 0.240 e. The number of carbonyl (C=O) groups is 1. The number of carbonyl (C=O) groups excluding carboxylic acids is 1. The zero-order valence-corrected chi connectivity index (χ0v) is 17.2. The molecule has 2 rings (SSSR count). The minimum atomic E-state index is -3.48. The van der Waals surface area contributed by atoms with Crippen LogP contribution in [0.25, 0.3) is 0 Å². The van der Waals surface area contributed by atoms with E-state index in [0.717, 1.165) is 22.4 Å². The SMILES string of the molecule is Cc1ccc(NC(=O)CCc2ccc(S(=O)(=O)NCC(C)C)cc2)c(C)c1. The van der Waals surface area contributed by atoms with E-state index in [0.29, 0.717) is 19.4 Å². The number of rotatable bonds is 8. The Morgan fingerprint density at radius 1 is 1.04 bits per heavy atom. The van der Waals surface area contributed by atoms with Crippen molar-refractivity contribution in [3.05, 3.63) is 59.2 Å². The van der Waals surface area contributed by atoms with Crippen molar-refractivity contribution in [1.29, 1.82) is 0 Å². The summed E-state index contributed by atoms with van der Waals surface area (Å²) in [6.07, 6.45) is 0.890. The topological polar surface area (TPSA) is 75.3 Å². The van der Waals surface area contributed by atoms with Gasteiger partial charge >= 0.3 is 0 Å². The van der Waals surface area contributed by atoms with Gasteiger partial charge in [-0.3, -0.25) is 4.79 Å². The number of sulfonamides is 1. The van der Waals surface area contributed by atoms with Crippen molar-refractivity contribution in [2.75, 3.05) is 11.9 Å². The summed E-state index contributed by atoms with van der Waals surface area (Å²) in [6.45, 7) is 8.29. The maximum absolute atomic E-state index is 12.2. The Morgan fingerprint density at radius 3 is 2.30 bits per heavy atom. The van der Waals surface area contributed by atoms with Crippen LogP contribution in [0.2, 0.25) is 0 Å². The molecule has 27 heavy (non-hydrogen) atoms. The fraction of sp³-hybridized carbons (Fsp3) is 0.381. The van der Waals surface area contributed by atoms with Crippen LogP contribution in [0.5, 0.6) is 0 Å². The first kappa shape index (κ1) is 21.1. The molecule has 0 aliphatic rings. The van der Waals surface area contributed by atoms with Crippen LogP contribution in [0.15, 0.2) is 47.4 Å². The third-order valence-electron chi connectivity index (χ3n) is 4.21. The van der Waals surface area contributed by atoms with E-state index in [1.165, 1.54) is 0 Å². The summed E-state index contributed by atoms with van der Waals surface area (Å²) >= 11 is 0. The number of nitrogens with one attached hydrogen (secondary N) is 2. The van der Waals surface area contributed by atoms with E-state index in [4.69, 9.17) is 0 Å². The molecular weight excluding hydrogens is 360 g/mol. The molecule has 0 aliphatic heterocycles. The minimum absolute atomic E-state index is 0.0581. The molecule has 5 nitrogen and oxygen atoms in total. The highest BCUT2D eigenvalue weighted by atomic mass is 32.2. The van der Waals surface area contributed by atoms with Crippen molar-refractivity contribution in [2.45, 2.75) is 45.4 Å². The minimum Gasteiger partial charge on any atom is -0.326 e. The average Bonchev–Trinajstić information content (AvgIpc) is 2.61. The number of amides is 1. The van der Waals surface area contributed by atoms with Crippen molar-refractivity contribution >= 4 is 21.6 Å². The highest BCUT2D eigenvalue weighted by molar-refractivity contribution is 7.89. The Bertz CT molecular complexity index is 888. The van der Waals surface area contributed by atoms with Crippen molar-refractivity contribution in [2.24, 2.45) is 5.92 Å². The molecule has 146 valence electrons. The maximum Gasteiger partial charge on any atom is 0.240 e. The van der Waals surface area contributed by atoms with E-state index >= 15 is 0 Å². The van der Waals surface area contributed by atoms with E-state index in [2.05, 4.69) is 10.0 Å². The lowest BCUT2D eigenvalue weighted by atomic mass is 10.1. The third kappa shape index (κ3) is 6.48. The van der Waals surface area contributed by atoms with Crippen molar-refractivity contribution in [1.82, 2.24) is 4.72 Å². The molecule has 0 aliphatic carbocycles. The summed E-state index contributed by atoms with van der Waals surface area (Å²) in [6, 6.07) is 12.6. The van der Waals surface area contributed by atoms with E-state index in [1.807, 2.05) is 45.9 Å². The second-order valence-corrected chi connectivity index (χ2v) is 9.02. The fourth-order valence-electron chi connectivity index (χ4n) is 2.62. The van der Waals surface area contributed by atoms with Crippen LogP contribution < -0.4 is 10.0 Å². The Hall–Kier alpha value is -2.18. The molecule has 0 bridgehead atoms. The Balaban J connectivity index is 1.91. The van der Waals surface area contributed by atoms with Gasteiger partial charge in [0.1, 0.15) is 0 Å². The maximum atomic E-state index is 12.2. The standard InChI is InChI=1S/C21H28N2O3S/c1-15(2)14-22-27(25,26)19-9-6-18(7-10-19)8-12-21(24)23-20-11-5-16(3)13-17(20)4/h5-7,9-11,13,15,22H,8,12,14H2,1-4H3,(H,23,24). The van der Waals surface area contributed by atoms with Gasteiger partial charge in [0.25, 0.3) is 0 Å². The molecule has 0 saturated heterocycles. The largest absolute Gasteiger partial charge is 0.326 e. The van der Waals surface area contributed by atoms with Crippen LogP contribution in [-0.4, -0.2) is 20.9 Å². The highest BCUT2D eigenvalue weighted by Gasteiger charge is 2.14. The molecule has 6 heteroatoms. The van der Waals surface area contributed by atoms with Gasteiger partial charge in [-0.2, -0.15) is 0 Å². The van der Waals surface area contributed by atoms with Crippen LogP contribution >= 0.6 is 0 Å². The first-order valence-corrected chi connectivity index (χ1v) is 10.6. The normalized spacial score (nSPS) is 11.6. The predicted octanol–water partition coefficient (Wildman–Crippen LogP) is 3.81. The Morgan fingerprint density at radius 2 is 1.70 bits per heavy atom. The number of hydrogen-bond acceptors (Lipinski definition) is 3. The van der Waals surface area contributed by atoms with Crippen LogP contribution in [-0.2, 0) is 21.2 Å². The summed E-state index contributed by atoms with van der Waals surface area (Å²) in [7, 11) is -3.48. The Labute approximate surface area is 162 Å². The monoisotopic (exact) mass is 388 g/mol. The first-order chi connectivity index (χ1) is 12.7. The van der Waals surface area contributed by atoms with E-state index in [1.54, 1.807) is 24.3 Å². The van der Waals surface area contributed by atoms with Gasteiger partial charge in [-0.25, -0.2) is 13.1 Å². The summed E-state index contributed by atoms with van der Waals surface area (Å²) in [5, 5.41) is 2.93. The number of aryl methyl sites for hydroxylation is 3. The van der Waals surface area contributed by atoms with Crippen LogP contribution in [0, 0.1) is 19.8 Å². The zero-order valence-electron chi connectivity index (χ0n) is 16.4. The summed E-state index contributed by atoms with van der Waals surface area (Å²) in [4.78, 5) is 12.4. The second kappa shape index (κ2) is 9.15. The average molecular weight is 389 g/mol. The summed E-state index contributed by atoms with van der Waals surface area (Å²) in [5.41, 5.74) is 3.94. The van der Waals surface area contributed by atoms with Crippen LogP contribution in [0.3, 0.4) is 0 Å². The van der Waals surface area contributed by atoms with Crippen LogP contribution in [0.4, 0.5) is 5.69 Å². The molecule has 0 heterocycles. The number of anilines is 1. The third-order valence-corrected chi connectivity index (χ3v) is 5.65. The van der Waals surface area contributed by atoms with E-state index < -0.39 is 10.0 Å². The van der Waals surface area contributed by atoms with Gasteiger partial charge in [-0.15, -0.1) is 0 Å². The Kier molecular flexibility index (Phi) is 7.16. The van der Waals surface area contributed by atoms with Gasteiger partial charge in [-0.1, -0.05) is 43.7 Å². The molecule has 0 fully saturated rings. The van der Waals surface area contributed by atoms with E-state index in [9.17, 15) is 13.2 Å². The lowest BCUT2D eigenvalue weighted by Gasteiger charge is -2.10. The molecule has 0 atom stereocenters. The predicted molar refractivity (Wildman–Crippen MR) is 109 cm³/mol. The molecule has 0 spiro atoms. The van der Waals surface area contributed by atoms with Gasteiger partial charge in [0.05, 0.1) is 4.90 Å². The zero-order chi connectivity index (χ0) is 20.0. The molecule has 0 saturated carbocycles. The molecule has 2 aromatic carbocycles. The molecule has 1 amide bonds. The molecular formula is C21H28N2O3S. The van der Waals surface area contributed by atoms with Gasteiger partial charge in [-0.05, 0) is 55.5 Å². The lowest BCUT2D eigenvalue weighted by Crippen LogP contribution is -2.27. The van der Waals surface area contributed by atoms with Crippen LogP contribution in [0.1, 0.15) is 37.0 Å². The van der Waals surface area contributed by atoms with Crippen molar-refractivity contribution in [3.8, 4) is 0 Å². The number of hydrogen-bond donors (Lipinski definition) is 2. The summed E-state index contributed by atoms with van der Waals surface area (Å²) < 4.78 is 27.0. The van der Waals surface area contributed by atoms with Gasteiger partial charge in [0.2, 0.25) is 15.9 Å².